The number of aliphatic hydroxyl groups is 1. The van der Waals surface area contributed by atoms with Gasteiger partial charge in [0.2, 0.25) is 0 Å². The molecule has 0 aromatic heterocycles. The molecule has 1 N–H and O–H groups in total. The Morgan fingerprint density at radius 1 is 1.25 bits per heavy atom. The molecule has 70 valence electrons. The van der Waals surface area contributed by atoms with Crippen molar-refractivity contribution in [2.24, 2.45) is 0 Å². The van der Waals surface area contributed by atoms with Gasteiger partial charge in [0.1, 0.15) is 0 Å². The van der Waals surface area contributed by atoms with Crippen molar-refractivity contribution in [1.29, 1.82) is 0 Å². The summed E-state index contributed by atoms with van der Waals surface area (Å²) in [4.78, 5) is 0. The SMILES string of the molecule is C/C(=C\CC/C(C)=C/CS)CO. The number of hydrogen-bond donors (Lipinski definition) is 2. The Balaban J connectivity index is 3.62. The average Bonchev–Trinajstić information content (AvgIpc) is 2.04. The number of aliphatic hydroxyl groups excluding tert-OH is 1. The lowest BCUT2D eigenvalue weighted by molar-refractivity contribution is 0.331. The Kier molecular flexibility index (Phi) is 7.31. The molecule has 1 nitrogen and oxygen atoms in total. The van der Waals surface area contributed by atoms with E-state index >= 15 is 0 Å². The lowest BCUT2D eigenvalue weighted by atomic mass is 10.1. The minimum absolute atomic E-state index is 0.176. The standard InChI is InChI=1S/C10H18OS/c1-9(6-7-12)4-3-5-10(2)8-11/h5-6,11-12H,3-4,7-8H2,1-2H3/b9-6+,10-5+. The highest BCUT2D eigenvalue weighted by Gasteiger charge is 1.88. The average molecular weight is 186 g/mol. The van der Waals surface area contributed by atoms with Gasteiger partial charge in [-0.15, -0.1) is 0 Å². The van der Waals surface area contributed by atoms with Gasteiger partial charge in [-0.05, 0) is 26.7 Å². The first kappa shape index (κ1) is 11.8. The predicted octanol–water partition coefficient (Wildman–Crippen LogP) is 2.58. The van der Waals surface area contributed by atoms with Crippen LogP contribution >= 0.6 is 12.6 Å². The van der Waals surface area contributed by atoms with Crippen LogP contribution in [0.5, 0.6) is 0 Å². The van der Waals surface area contributed by atoms with Crippen molar-refractivity contribution in [3.05, 3.63) is 23.3 Å². The molecule has 0 unspecified atom stereocenters. The van der Waals surface area contributed by atoms with Crippen LogP contribution in [0.2, 0.25) is 0 Å². The molecule has 0 aromatic rings. The molecule has 12 heavy (non-hydrogen) atoms. The zero-order valence-electron chi connectivity index (χ0n) is 7.88. The van der Waals surface area contributed by atoms with Crippen LogP contribution in [0.15, 0.2) is 23.3 Å². The lowest BCUT2D eigenvalue weighted by Crippen LogP contribution is -1.84. The number of thiol groups is 1. The summed E-state index contributed by atoms with van der Waals surface area (Å²) in [5, 5.41) is 8.71. The largest absolute Gasteiger partial charge is 0.392 e. The van der Waals surface area contributed by atoms with Crippen LogP contribution in [0.1, 0.15) is 26.7 Å². The van der Waals surface area contributed by atoms with E-state index in [0.29, 0.717) is 0 Å². The van der Waals surface area contributed by atoms with Crippen LogP contribution in [-0.2, 0) is 0 Å². The minimum Gasteiger partial charge on any atom is -0.392 e. The third-order valence-electron chi connectivity index (χ3n) is 1.72. The summed E-state index contributed by atoms with van der Waals surface area (Å²) in [5.74, 6) is 0.814. The van der Waals surface area contributed by atoms with Gasteiger partial charge >= 0.3 is 0 Å². The Morgan fingerprint density at radius 3 is 2.42 bits per heavy atom. The van der Waals surface area contributed by atoms with Crippen LogP contribution < -0.4 is 0 Å². The van der Waals surface area contributed by atoms with E-state index in [9.17, 15) is 0 Å². The second-order valence-corrected chi connectivity index (χ2v) is 3.35. The highest BCUT2D eigenvalue weighted by molar-refractivity contribution is 7.80. The van der Waals surface area contributed by atoms with Crippen molar-refractivity contribution in [3.63, 3.8) is 0 Å². The molecule has 2 heteroatoms. The number of allylic oxidation sites excluding steroid dienone is 2. The Labute approximate surface area is 80.6 Å². The second kappa shape index (κ2) is 7.44. The van der Waals surface area contributed by atoms with E-state index in [4.69, 9.17) is 5.11 Å². The first-order valence-corrected chi connectivity index (χ1v) is 4.87. The molecule has 0 aliphatic carbocycles. The molecule has 0 aliphatic heterocycles. The van der Waals surface area contributed by atoms with Crippen LogP contribution in [0, 0.1) is 0 Å². The monoisotopic (exact) mass is 186 g/mol. The van der Waals surface area contributed by atoms with Crippen molar-refractivity contribution in [2.75, 3.05) is 12.4 Å². The van der Waals surface area contributed by atoms with Gasteiger partial charge in [0, 0.05) is 5.75 Å². The lowest BCUT2D eigenvalue weighted by Gasteiger charge is -1.98. The van der Waals surface area contributed by atoms with Gasteiger partial charge in [-0.1, -0.05) is 23.3 Å². The summed E-state index contributed by atoms with van der Waals surface area (Å²) in [7, 11) is 0. The molecule has 0 fully saturated rings. The maximum absolute atomic E-state index is 8.71. The molecule has 0 aliphatic rings. The van der Waals surface area contributed by atoms with Gasteiger partial charge in [-0.3, -0.25) is 0 Å². The first-order valence-electron chi connectivity index (χ1n) is 4.23. The van der Waals surface area contributed by atoms with Gasteiger partial charge in [-0.25, -0.2) is 0 Å². The predicted molar refractivity (Wildman–Crippen MR) is 57.7 cm³/mol. The summed E-state index contributed by atoms with van der Waals surface area (Å²) in [6, 6.07) is 0. The van der Waals surface area contributed by atoms with E-state index < -0.39 is 0 Å². The van der Waals surface area contributed by atoms with Gasteiger partial charge in [0.05, 0.1) is 6.61 Å². The molecule has 0 rings (SSSR count). The third kappa shape index (κ3) is 6.50. The van der Waals surface area contributed by atoms with Crippen molar-refractivity contribution < 1.29 is 5.11 Å². The maximum Gasteiger partial charge on any atom is 0.0639 e. The van der Waals surface area contributed by atoms with Crippen molar-refractivity contribution >= 4 is 12.6 Å². The number of hydrogen-bond acceptors (Lipinski definition) is 2. The highest BCUT2D eigenvalue weighted by Crippen LogP contribution is 2.06. The van der Waals surface area contributed by atoms with E-state index in [-0.39, 0.29) is 6.61 Å². The van der Waals surface area contributed by atoms with Gasteiger partial charge in [0.15, 0.2) is 0 Å². The van der Waals surface area contributed by atoms with Crippen LogP contribution in [-0.4, -0.2) is 17.5 Å². The van der Waals surface area contributed by atoms with Gasteiger partial charge in [-0.2, -0.15) is 12.6 Å². The molecule has 0 spiro atoms. The fraction of sp³-hybridized carbons (Fsp3) is 0.600. The molecule has 0 saturated heterocycles. The summed E-state index contributed by atoms with van der Waals surface area (Å²) < 4.78 is 0. The fourth-order valence-corrected chi connectivity index (χ4v) is 1.18. The molecule has 0 heterocycles. The second-order valence-electron chi connectivity index (χ2n) is 2.98. The topological polar surface area (TPSA) is 20.2 Å². The Hall–Kier alpha value is -0.210. The van der Waals surface area contributed by atoms with Crippen molar-refractivity contribution in [2.45, 2.75) is 26.7 Å². The smallest absolute Gasteiger partial charge is 0.0639 e. The zero-order chi connectivity index (χ0) is 9.40. The quantitative estimate of drug-likeness (QED) is 0.499. The summed E-state index contributed by atoms with van der Waals surface area (Å²) in [6.45, 7) is 4.23. The molecule has 0 aromatic carbocycles. The highest BCUT2D eigenvalue weighted by atomic mass is 32.1. The summed E-state index contributed by atoms with van der Waals surface area (Å²) >= 11 is 4.11. The van der Waals surface area contributed by atoms with Gasteiger partial charge in [0.25, 0.3) is 0 Å². The van der Waals surface area contributed by atoms with E-state index in [0.717, 1.165) is 24.2 Å². The molecule has 0 bridgehead atoms. The van der Waals surface area contributed by atoms with E-state index in [1.165, 1.54) is 5.57 Å². The molecule has 0 amide bonds. The van der Waals surface area contributed by atoms with Gasteiger partial charge < -0.3 is 5.11 Å². The Morgan fingerprint density at radius 2 is 1.92 bits per heavy atom. The maximum atomic E-state index is 8.71. The van der Waals surface area contributed by atoms with Crippen molar-refractivity contribution in [3.8, 4) is 0 Å². The molecule has 0 atom stereocenters. The van der Waals surface area contributed by atoms with E-state index in [1.807, 2.05) is 6.92 Å². The van der Waals surface area contributed by atoms with E-state index in [1.54, 1.807) is 0 Å². The molecular formula is C10H18OS. The fourth-order valence-electron chi connectivity index (χ4n) is 0.869. The minimum atomic E-state index is 0.176. The first-order chi connectivity index (χ1) is 5.70. The molecule has 0 radical (unpaired) electrons. The normalized spacial score (nSPS) is 13.7. The summed E-state index contributed by atoms with van der Waals surface area (Å²) in [6.07, 6.45) is 6.28. The van der Waals surface area contributed by atoms with Crippen LogP contribution in [0.3, 0.4) is 0 Å². The van der Waals surface area contributed by atoms with Crippen LogP contribution in [0.4, 0.5) is 0 Å². The third-order valence-corrected chi connectivity index (χ3v) is 1.90. The Bertz CT molecular complexity index is 171. The zero-order valence-corrected chi connectivity index (χ0v) is 8.77. The molecular weight excluding hydrogens is 168 g/mol. The van der Waals surface area contributed by atoms with Crippen LogP contribution in [0.25, 0.3) is 0 Å². The van der Waals surface area contributed by atoms with E-state index in [2.05, 4.69) is 31.7 Å². The summed E-state index contributed by atoms with van der Waals surface area (Å²) in [5.41, 5.74) is 2.42. The number of rotatable bonds is 5. The molecule has 0 saturated carbocycles. The van der Waals surface area contributed by atoms with Crippen molar-refractivity contribution in [1.82, 2.24) is 0 Å².